The molecule has 0 saturated heterocycles. The van der Waals surface area contributed by atoms with E-state index in [1.54, 1.807) is 36.4 Å². The van der Waals surface area contributed by atoms with E-state index >= 15 is 0 Å². The van der Waals surface area contributed by atoms with Gasteiger partial charge >= 0.3 is 11.9 Å². The molecule has 0 N–H and O–H groups in total. The number of fused-ring (bicyclic) bond motifs is 3. The van der Waals surface area contributed by atoms with Crippen LogP contribution in [0.4, 0.5) is 5.69 Å². The molecule has 8 heteroatoms. The van der Waals surface area contributed by atoms with E-state index in [2.05, 4.69) is 23.0 Å². The van der Waals surface area contributed by atoms with Crippen LogP contribution in [0.15, 0.2) is 78.5 Å². The summed E-state index contributed by atoms with van der Waals surface area (Å²) in [5.74, 6) is -0.989. The number of hydrogen-bond acceptors (Lipinski definition) is 6. The number of aryl methyl sites for hydroxylation is 1. The largest absolute Gasteiger partial charge is 0.619 e. The molecule has 176 valence electrons. The van der Waals surface area contributed by atoms with Crippen molar-refractivity contribution in [1.29, 1.82) is 0 Å². The van der Waals surface area contributed by atoms with Gasteiger partial charge < -0.3 is 19.3 Å². The van der Waals surface area contributed by atoms with Crippen molar-refractivity contribution in [3.63, 3.8) is 0 Å². The van der Waals surface area contributed by atoms with Crippen molar-refractivity contribution in [2.45, 2.75) is 20.4 Å². The number of rotatable bonds is 7. The minimum absolute atomic E-state index is 0.237. The summed E-state index contributed by atoms with van der Waals surface area (Å²) >= 11 is 0. The smallest absolute Gasteiger partial charge is 0.335 e. The maximum atomic E-state index is 11.9. The van der Waals surface area contributed by atoms with E-state index in [1.165, 1.54) is 6.92 Å². The van der Waals surface area contributed by atoms with Crippen LogP contribution >= 0.6 is 0 Å². The molecule has 0 unspecified atom stereocenters. The first-order valence-corrected chi connectivity index (χ1v) is 10.9. The van der Waals surface area contributed by atoms with E-state index in [9.17, 15) is 14.8 Å². The highest BCUT2D eigenvalue weighted by Gasteiger charge is 2.19. The lowest BCUT2D eigenvalue weighted by Gasteiger charge is -2.12. The topological polar surface area (TPSA) is 96.0 Å². The highest BCUT2D eigenvalue weighted by molar-refractivity contribution is 6.18. The molecule has 0 spiro atoms. The van der Waals surface area contributed by atoms with Crippen LogP contribution < -0.4 is 4.74 Å². The van der Waals surface area contributed by atoms with Crippen molar-refractivity contribution in [3.8, 4) is 5.75 Å². The van der Waals surface area contributed by atoms with Crippen LogP contribution in [0.25, 0.3) is 21.8 Å². The summed E-state index contributed by atoms with van der Waals surface area (Å²) in [5.41, 5.74) is 3.72. The standard InChI is InChI=1S/C27H23N3O5/c1-5-26(32)34-25-10-8-7-9-20(25)27(28-35-17(3)31)18-11-13-23-21(15-18)22-16-19(29(4)33)12-14-24(22)30(23)6-2/h5,7-16H,1,4,6H2,2-3H3/b28-27-. The number of para-hydroxylation sites is 1. The van der Waals surface area contributed by atoms with Gasteiger partial charge in [-0.1, -0.05) is 29.9 Å². The summed E-state index contributed by atoms with van der Waals surface area (Å²) in [6.45, 7) is 10.9. The first kappa shape index (κ1) is 23.4. The molecule has 0 saturated carbocycles. The number of hydrogen-bond donors (Lipinski definition) is 0. The number of benzene rings is 3. The zero-order valence-electron chi connectivity index (χ0n) is 19.4. The molecule has 0 radical (unpaired) electrons. The van der Waals surface area contributed by atoms with Gasteiger partial charge in [-0.25, -0.2) is 9.59 Å². The van der Waals surface area contributed by atoms with E-state index in [0.717, 1.165) is 34.4 Å². The maximum absolute atomic E-state index is 11.9. The highest BCUT2D eigenvalue weighted by atomic mass is 16.7. The van der Waals surface area contributed by atoms with E-state index in [0.29, 0.717) is 27.3 Å². The maximum Gasteiger partial charge on any atom is 0.335 e. The zero-order chi connectivity index (χ0) is 25.1. The molecule has 4 aromatic rings. The highest BCUT2D eigenvalue weighted by Crippen LogP contribution is 2.33. The third-order valence-corrected chi connectivity index (χ3v) is 5.51. The monoisotopic (exact) mass is 469 g/mol. The van der Waals surface area contributed by atoms with Gasteiger partial charge in [0.1, 0.15) is 18.2 Å². The molecule has 0 amide bonds. The van der Waals surface area contributed by atoms with Crippen LogP contribution in [-0.4, -0.2) is 33.7 Å². The Morgan fingerprint density at radius 2 is 1.77 bits per heavy atom. The summed E-state index contributed by atoms with van der Waals surface area (Å²) < 4.78 is 8.10. The number of nitrogens with zero attached hydrogens (tertiary/aromatic N) is 3. The molecule has 3 aromatic carbocycles. The molecule has 1 aromatic heterocycles. The Labute approximate surface area is 201 Å². The lowest BCUT2D eigenvalue weighted by molar-refractivity contribution is -0.349. The number of oxime groups is 1. The van der Waals surface area contributed by atoms with Crippen LogP contribution in [0, 0.1) is 5.21 Å². The number of ether oxygens (including phenoxy) is 1. The zero-order valence-corrected chi connectivity index (χ0v) is 19.4. The average molecular weight is 469 g/mol. The van der Waals surface area contributed by atoms with E-state index in [1.807, 2.05) is 31.2 Å². The van der Waals surface area contributed by atoms with Crippen LogP contribution in [0.5, 0.6) is 5.75 Å². The van der Waals surface area contributed by atoms with Crippen LogP contribution in [0.2, 0.25) is 0 Å². The van der Waals surface area contributed by atoms with E-state index < -0.39 is 11.9 Å². The van der Waals surface area contributed by atoms with Gasteiger partial charge in [-0.3, -0.25) is 0 Å². The summed E-state index contributed by atoms with van der Waals surface area (Å²) in [7, 11) is 0. The molecule has 1 heterocycles. The van der Waals surface area contributed by atoms with Crippen molar-refractivity contribution < 1.29 is 23.9 Å². The molecule has 0 bridgehead atoms. The number of carbonyl (C=O) groups excluding carboxylic acids is 2. The molecule has 0 fully saturated rings. The summed E-state index contributed by atoms with van der Waals surface area (Å²) in [6, 6.07) is 17.9. The first-order chi connectivity index (χ1) is 16.8. The van der Waals surface area contributed by atoms with Gasteiger partial charge in [0.2, 0.25) is 5.69 Å². The van der Waals surface area contributed by atoms with Crippen molar-refractivity contribution in [2.75, 3.05) is 0 Å². The predicted octanol–water partition coefficient (Wildman–Crippen LogP) is 5.06. The molecular formula is C27H23N3O5. The molecule has 35 heavy (non-hydrogen) atoms. The van der Waals surface area contributed by atoms with Gasteiger partial charge in [0, 0.05) is 64.6 Å². The summed E-state index contributed by atoms with van der Waals surface area (Å²) in [4.78, 5) is 28.5. The Morgan fingerprint density at radius 1 is 1.09 bits per heavy atom. The molecule has 8 nitrogen and oxygen atoms in total. The van der Waals surface area contributed by atoms with Crippen molar-refractivity contribution in [2.24, 2.45) is 5.16 Å². The molecule has 0 aliphatic carbocycles. The lowest BCUT2D eigenvalue weighted by atomic mass is 9.99. The third-order valence-electron chi connectivity index (χ3n) is 5.51. The quantitative estimate of drug-likeness (QED) is 0.0551. The fraction of sp³-hybridized carbons (Fsp3) is 0.111. The van der Waals surface area contributed by atoms with Gasteiger partial charge in [-0.2, -0.15) is 4.74 Å². The second-order valence-electron chi connectivity index (χ2n) is 7.70. The van der Waals surface area contributed by atoms with Crippen molar-refractivity contribution in [3.05, 3.63) is 89.7 Å². The Morgan fingerprint density at radius 3 is 2.43 bits per heavy atom. The Hall–Kier alpha value is -4.72. The number of esters is 1. The average Bonchev–Trinajstić information content (AvgIpc) is 3.17. The Balaban J connectivity index is 1.97. The molecule has 0 atom stereocenters. The fourth-order valence-electron chi connectivity index (χ4n) is 4.00. The number of aromatic nitrogens is 1. The van der Waals surface area contributed by atoms with Gasteiger partial charge in [0.15, 0.2) is 0 Å². The lowest BCUT2D eigenvalue weighted by Crippen LogP contribution is -2.11. The molecule has 0 aliphatic rings. The van der Waals surface area contributed by atoms with Crippen LogP contribution in [0.1, 0.15) is 25.0 Å². The molecular weight excluding hydrogens is 446 g/mol. The number of carbonyl (C=O) groups is 2. The molecule has 4 rings (SSSR count). The second-order valence-corrected chi connectivity index (χ2v) is 7.70. The van der Waals surface area contributed by atoms with Gasteiger partial charge in [-0.15, -0.1) is 0 Å². The first-order valence-electron chi connectivity index (χ1n) is 10.9. The second kappa shape index (κ2) is 9.64. The third kappa shape index (κ3) is 4.54. The van der Waals surface area contributed by atoms with E-state index in [-0.39, 0.29) is 5.75 Å². The van der Waals surface area contributed by atoms with E-state index in [4.69, 9.17) is 9.57 Å². The summed E-state index contributed by atoms with van der Waals surface area (Å²) in [6.07, 6.45) is 1.06. The minimum Gasteiger partial charge on any atom is -0.619 e. The van der Waals surface area contributed by atoms with Crippen molar-refractivity contribution >= 4 is 51.9 Å². The van der Waals surface area contributed by atoms with Gasteiger partial charge in [0.25, 0.3) is 0 Å². The SMILES string of the molecule is C=CC(=O)Oc1ccccc1/C(=N\OC(C)=O)c1ccc2c(c1)c1cc([N+](=C)[O-])ccc1n2CC. The Kier molecular flexibility index (Phi) is 6.46. The fourth-order valence-corrected chi connectivity index (χ4v) is 4.00. The van der Waals surface area contributed by atoms with Gasteiger partial charge in [0.05, 0.1) is 0 Å². The van der Waals surface area contributed by atoms with Crippen molar-refractivity contribution in [1.82, 2.24) is 4.57 Å². The Bertz CT molecular complexity index is 1530. The van der Waals surface area contributed by atoms with Gasteiger partial charge in [-0.05, 0) is 37.3 Å². The summed E-state index contributed by atoms with van der Waals surface area (Å²) in [5, 5.41) is 17.7. The minimum atomic E-state index is -0.631. The normalized spacial score (nSPS) is 11.4. The predicted molar refractivity (Wildman–Crippen MR) is 135 cm³/mol. The van der Waals surface area contributed by atoms with Crippen LogP contribution in [0.3, 0.4) is 0 Å². The molecule has 0 aliphatic heterocycles. The van der Waals surface area contributed by atoms with Crippen LogP contribution in [-0.2, 0) is 21.0 Å².